The third-order valence-corrected chi connectivity index (χ3v) is 2.00. The number of carboxylic acids is 1. The maximum absolute atomic E-state index is 11.2. The molecule has 0 saturated heterocycles. The first-order valence-corrected chi connectivity index (χ1v) is 4.89. The minimum absolute atomic E-state index is 0.318. The molecule has 0 rings (SSSR count). The second-order valence-electron chi connectivity index (χ2n) is 3.92. The highest BCUT2D eigenvalue weighted by Gasteiger charge is 2.12. The molecule has 4 nitrogen and oxygen atoms in total. The van der Waals surface area contributed by atoms with E-state index in [1.54, 1.807) is 7.05 Å². The van der Waals surface area contributed by atoms with Gasteiger partial charge in [-0.05, 0) is 18.8 Å². The fourth-order valence-corrected chi connectivity index (χ4v) is 1.13. The first-order chi connectivity index (χ1) is 6.43. The van der Waals surface area contributed by atoms with Crippen molar-refractivity contribution in [3.63, 3.8) is 0 Å². The Morgan fingerprint density at radius 2 is 1.93 bits per heavy atom. The molecule has 0 aliphatic heterocycles. The highest BCUT2D eigenvalue weighted by Crippen LogP contribution is 2.04. The Kier molecular flexibility index (Phi) is 5.92. The third kappa shape index (κ3) is 6.46. The van der Waals surface area contributed by atoms with Crippen molar-refractivity contribution >= 4 is 11.9 Å². The summed E-state index contributed by atoms with van der Waals surface area (Å²) < 4.78 is 0. The van der Waals surface area contributed by atoms with E-state index < -0.39 is 12.4 Å². The zero-order chi connectivity index (χ0) is 11.1. The molecule has 4 heteroatoms. The molecule has 14 heavy (non-hydrogen) atoms. The van der Waals surface area contributed by atoms with Crippen LogP contribution in [-0.2, 0) is 9.59 Å². The van der Waals surface area contributed by atoms with Crippen LogP contribution in [0.25, 0.3) is 0 Å². The first-order valence-electron chi connectivity index (χ1n) is 4.89. The number of hydrogen-bond donors (Lipinski definition) is 1. The van der Waals surface area contributed by atoms with Crippen LogP contribution in [0.15, 0.2) is 0 Å². The molecule has 0 unspecified atom stereocenters. The second kappa shape index (κ2) is 6.40. The number of aliphatic carboxylic acids is 1. The molecule has 0 aromatic carbocycles. The van der Waals surface area contributed by atoms with Gasteiger partial charge in [-0.1, -0.05) is 13.8 Å². The van der Waals surface area contributed by atoms with E-state index in [9.17, 15) is 9.59 Å². The van der Waals surface area contributed by atoms with E-state index in [1.165, 1.54) is 4.90 Å². The Morgan fingerprint density at radius 3 is 2.36 bits per heavy atom. The van der Waals surface area contributed by atoms with Gasteiger partial charge in [0.2, 0.25) is 5.91 Å². The minimum Gasteiger partial charge on any atom is -0.481 e. The van der Waals surface area contributed by atoms with Crippen molar-refractivity contribution in [2.75, 3.05) is 13.6 Å². The van der Waals surface area contributed by atoms with Gasteiger partial charge in [-0.15, -0.1) is 0 Å². The van der Waals surface area contributed by atoms with Gasteiger partial charge in [-0.2, -0.15) is 0 Å². The lowest BCUT2D eigenvalue weighted by molar-refractivity contribution is -0.143. The molecule has 0 bridgehead atoms. The van der Waals surface area contributed by atoms with E-state index >= 15 is 0 Å². The van der Waals surface area contributed by atoms with Gasteiger partial charge in [-0.3, -0.25) is 9.59 Å². The SMILES string of the molecule is CC(C)CCCN(C)C(=O)CC(=O)O. The number of rotatable bonds is 6. The van der Waals surface area contributed by atoms with Gasteiger partial charge in [0.15, 0.2) is 0 Å². The number of nitrogens with zero attached hydrogens (tertiary/aromatic N) is 1. The summed E-state index contributed by atoms with van der Waals surface area (Å²) in [6.07, 6.45) is 1.59. The molecule has 0 saturated carbocycles. The molecule has 1 N–H and O–H groups in total. The van der Waals surface area contributed by atoms with Crippen LogP contribution < -0.4 is 0 Å². The Bertz CT molecular complexity index is 202. The Labute approximate surface area is 84.9 Å². The van der Waals surface area contributed by atoms with Gasteiger partial charge in [-0.25, -0.2) is 0 Å². The van der Waals surface area contributed by atoms with Crippen LogP contribution in [0.5, 0.6) is 0 Å². The maximum atomic E-state index is 11.2. The van der Waals surface area contributed by atoms with Crippen molar-refractivity contribution in [2.24, 2.45) is 5.92 Å². The number of carboxylic acid groups (broad SMARTS) is 1. The van der Waals surface area contributed by atoms with Crippen LogP contribution in [-0.4, -0.2) is 35.5 Å². The van der Waals surface area contributed by atoms with E-state index in [0.29, 0.717) is 12.5 Å². The number of carbonyl (C=O) groups excluding carboxylic acids is 1. The fraction of sp³-hybridized carbons (Fsp3) is 0.800. The van der Waals surface area contributed by atoms with E-state index in [2.05, 4.69) is 13.8 Å². The summed E-state index contributed by atoms with van der Waals surface area (Å²) in [5.41, 5.74) is 0. The Hall–Kier alpha value is -1.06. The molecule has 0 aliphatic rings. The smallest absolute Gasteiger partial charge is 0.312 e. The monoisotopic (exact) mass is 201 g/mol. The van der Waals surface area contributed by atoms with Crippen molar-refractivity contribution in [3.8, 4) is 0 Å². The molecule has 0 fully saturated rings. The highest BCUT2D eigenvalue weighted by atomic mass is 16.4. The molecule has 0 aliphatic carbocycles. The molecule has 0 aromatic rings. The van der Waals surface area contributed by atoms with Crippen molar-refractivity contribution in [1.82, 2.24) is 4.90 Å². The van der Waals surface area contributed by atoms with Gasteiger partial charge >= 0.3 is 5.97 Å². The zero-order valence-corrected chi connectivity index (χ0v) is 9.12. The lowest BCUT2D eigenvalue weighted by Crippen LogP contribution is -2.29. The molecule has 0 aromatic heterocycles. The van der Waals surface area contributed by atoms with Gasteiger partial charge in [0, 0.05) is 13.6 Å². The van der Waals surface area contributed by atoms with Crippen molar-refractivity contribution in [2.45, 2.75) is 33.1 Å². The Balaban J connectivity index is 3.67. The molecule has 1 amide bonds. The predicted molar refractivity (Wildman–Crippen MR) is 54.0 cm³/mol. The summed E-state index contributed by atoms with van der Waals surface area (Å²) in [4.78, 5) is 22.9. The average Bonchev–Trinajstić information content (AvgIpc) is 2.01. The summed E-state index contributed by atoms with van der Waals surface area (Å²) in [6, 6.07) is 0. The van der Waals surface area contributed by atoms with Crippen LogP contribution in [0.2, 0.25) is 0 Å². The zero-order valence-electron chi connectivity index (χ0n) is 9.12. The number of carbonyl (C=O) groups is 2. The van der Waals surface area contributed by atoms with E-state index in [1.807, 2.05) is 0 Å². The quantitative estimate of drug-likeness (QED) is 0.660. The van der Waals surface area contributed by atoms with Crippen LogP contribution in [0, 0.1) is 5.92 Å². The number of amides is 1. The molecule has 0 heterocycles. The van der Waals surface area contributed by atoms with Crippen LogP contribution in [0.4, 0.5) is 0 Å². The topological polar surface area (TPSA) is 57.6 Å². The van der Waals surface area contributed by atoms with E-state index in [-0.39, 0.29) is 5.91 Å². The standard InChI is InChI=1S/C10H19NO3/c1-8(2)5-4-6-11(3)9(12)7-10(13)14/h8H,4-7H2,1-3H3,(H,13,14). The van der Waals surface area contributed by atoms with E-state index in [0.717, 1.165) is 12.8 Å². The fourth-order valence-electron chi connectivity index (χ4n) is 1.13. The van der Waals surface area contributed by atoms with Crippen molar-refractivity contribution < 1.29 is 14.7 Å². The largest absolute Gasteiger partial charge is 0.481 e. The van der Waals surface area contributed by atoms with Gasteiger partial charge in [0.25, 0.3) is 0 Å². The summed E-state index contributed by atoms with van der Waals surface area (Å²) in [6.45, 7) is 4.89. The van der Waals surface area contributed by atoms with Crippen LogP contribution in [0.1, 0.15) is 33.1 Å². The average molecular weight is 201 g/mol. The minimum atomic E-state index is -1.06. The van der Waals surface area contributed by atoms with Gasteiger partial charge < -0.3 is 10.0 Å². The maximum Gasteiger partial charge on any atom is 0.312 e. The summed E-state index contributed by atoms with van der Waals surface area (Å²) in [7, 11) is 1.64. The molecule has 0 radical (unpaired) electrons. The van der Waals surface area contributed by atoms with Crippen LogP contribution in [0.3, 0.4) is 0 Å². The predicted octanol–water partition coefficient (Wildman–Crippen LogP) is 1.36. The Morgan fingerprint density at radius 1 is 1.36 bits per heavy atom. The normalized spacial score (nSPS) is 10.3. The van der Waals surface area contributed by atoms with Gasteiger partial charge in [0.05, 0.1) is 0 Å². The third-order valence-electron chi connectivity index (χ3n) is 2.00. The molecular formula is C10H19NO3. The number of hydrogen-bond acceptors (Lipinski definition) is 2. The molecule has 0 spiro atoms. The molecular weight excluding hydrogens is 182 g/mol. The summed E-state index contributed by atoms with van der Waals surface area (Å²) >= 11 is 0. The summed E-state index contributed by atoms with van der Waals surface area (Å²) in [5, 5.41) is 8.40. The van der Waals surface area contributed by atoms with Crippen LogP contribution >= 0.6 is 0 Å². The first kappa shape index (κ1) is 12.9. The molecule has 0 atom stereocenters. The van der Waals surface area contributed by atoms with Gasteiger partial charge in [0.1, 0.15) is 6.42 Å². The van der Waals surface area contributed by atoms with E-state index in [4.69, 9.17) is 5.11 Å². The van der Waals surface area contributed by atoms with Crippen molar-refractivity contribution in [1.29, 1.82) is 0 Å². The van der Waals surface area contributed by atoms with Crippen molar-refractivity contribution in [3.05, 3.63) is 0 Å². The lowest BCUT2D eigenvalue weighted by atomic mass is 10.1. The summed E-state index contributed by atoms with van der Waals surface area (Å²) in [5.74, 6) is -0.759. The lowest BCUT2D eigenvalue weighted by Gasteiger charge is -2.16. The molecule has 82 valence electrons. The second-order valence-corrected chi connectivity index (χ2v) is 3.92. The highest BCUT2D eigenvalue weighted by molar-refractivity contribution is 5.93.